The van der Waals surface area contributed by atoms with Crippen LogP contribution in [0, 0.1) is 0 Å². The summed E-state index contributed by atoms with van der Waals surface area (Å²) in [4.78, 5) is 32.3. The minimum Gasteiger partial charge on any atom is -0.444 e. The number of aliphatic imine (C=N–C) groups is 1. The van der Waals surface area contributed by atoms with Crippen molar-refractivity contribution in [2.75, 3.05) is 4.90 Å². The van der Waals surface area contributed by atoms with Crippen molar-refractivity contribution < 1.29 is 14.3 Å². The largest absolute Gasteiger partial charge is 0.444 e. The first-order valence-corrected chi connectivity index (χ1v) is 10.8. The Hall–Kier alpha value is -2.86. The van der Waals surface area contributed by atoms with Crippen molar-refractivity contribution in [2.24, 2.45) is 4.99 Å². The predicted octanol–water partition coefficient (Wildman–Crippen LogP) is 4.84. The Morgan fingerprint density at radius 2 is 1.94 bits per heavy atom. The van der Waals surface area contributed by atoms with E-state index < -0.39 is 17.7 Å². The summed E-state index contributed by atoms with van der Waals surface area (Å²) in [5.74, 6) is -0.197. The van der Waals surface area contributed by atoms with Gasteiger partial charge in [-0.25, -0.2) is 4.79 Å². The van der Waals surface area contributed by atoms with Gasteiger partial charge in [-0.2, -0.15) is 0 Å². The number of alkyl carbamates (subject to hydrolysis) is 1. The number of anilines is 1. The lowest BCUT2D eigenvalue weighted by atomic mass is 10.0. The highest BCUT2D eigenvalue weighted by Gasteiger charge is 2.40. The minimum absolute atomic E-state index is 0.197. The fourth-order valence-corrected chi connectivity index (χ4v) is 4.22. The number of halogens is 1. The van der Waals surface area contributed by atoms with Gasteiger partial charge >= 0.3 is 6.09 Å². The molecule has 2 atom stereocenters. The van der Waals surface area contributed by atoms with Gasteiger partial charge in [0.15, 0.2) is 0 Å². The van der Waals surface area contributed by atoms with Crippen molar-refractivity contribution in [1.82, 2.24) is 5.32 Å². The molecule has 6 nitrogen and oxygen atoms in total. The molecule has 0 aromatic heterocycles. The number of hydrogen-bond acceptors (Lipinski definition) is 4. The fraction of sp³-hybridized carbons (Fsp3) is 0.375. The molecule has 2 amide bonds. The maximum absolute atomic E-state index is 13.5. The van der Waals surface area contributed by atoms with E-state index in [0.29, 0.717) is 17.9 Å². The summed E-state index contributed by atoms with van der Waals surface area (Å²) in [6.45, 7) is 7.03. The highest BCUT2D eigenvalue weighted by atomic mass is 35.5. The number of benzene rings is 2. The lowest BCUT2D eigenvalue weighted by Crippen LogP contribution is -2.52. The Balaban J connectivity index is 1.60. The molecule has 0 saturated carbocycles. The van der Waals surface area contributed by atoms with E-state index in [1.54, 1.807) is 32.6 Å². The van der Waals surface area contributed by atoms with E-state index in [-0.39, 0.29) is 11.9 Å². The summed E-state index contributed by atoms with van der Waals surface area (Å²) < 4.78 is 5.31. The number of nitrogens with zero attached hydrogens (tertiary/aromatic N) is 2. The second-order valence-corrected chi connectivity index (χ2v) is 9.41. The molecule has 0 fully saturated rings. The van der Waals surface area contributed by atoms with E-state index in [0.717, 1.165) is 28.2 Å². The third kappa shape index (κ3) is 4.44. The van der Waals surface area contributed by atoms with Crippen molar-refractivity contribution in [3.63, 3.8) is 0 Å². The lowest BCUT2D eigenvalue weighted by molar-refractivity contribution is -0.120. The van der Waals surface area contributed by atoms with Crippen LogP contribution in [0.4, 0.5) is 16.2 Å². The van der Waals surface area contributed by atoms with Gasteiger partial charge in [-0.15, -0.1) is 0 Å². The van der Waals surface area contributed by atoms with Gasteiger partial charge in [0.25, 0.3) is 0 Å². The van der Waals surface area contributed by atoms with Crippen molar-refractivity contribution >= 4 is 40.7 Å². The van der Waals surface area contributed by atoms with E-state index in [1.165, 1.54) is 0 Å². The summed E-state index contributed by atoms with van der Waals surface area (Å²) in [5.41, 5.74) is 4.18. The molecule has 1 N–H and O–H groups in total. The number of para-hydroxylation sites is 1. The normalized spacial score (nSPS) is 18.2. The van der Waals surface area contributed by atoms with Crippen LogP contribution < -0.4 is 10.2 Å². The molecule has 7 heteroatoms. The van der Waals surface area contributed by atoms with Crippen molar-refractivity contribution in [3.8, 4) is 0 Å². The first-order chi connectivity index (χ1) is 14.6. The Morgan fingerprint density at radius 3 is 2.68 bits per heavy atom. The number of carbonyl (C=O) groups is 2. The van der Waals surface area contributed by atoms with Gasteiger partial charge in [-0.1, -0.05) is 35.9 Å². The fourth-order valence-electron chi connectivity index (χ4n) is 4.05. The van der Waals surface area contributed by atoms with E-state index >= 15 is 0 Å². The topological polar surface area (TPSA) is 71.0 Å². The highest BCUT2D eigenvalue weighted by molar-refractivity contribution is 6.31. The van der Waals surface area contributed by atoms with Gasteiger partial charge in [0.2, 0.25) is 5.91 Å². The Kier molecular flexibility index (Phi) is 5.52. The number of amides is 2. The molecule has 0 bridgehead atoms. The molecule has 2 unspecified atom stereocenters. The van der Waals surface area contributed by atoms with Crippen LogP contribution in [0.3, 0.4) is 0 Å². The van der Waals surface area contributed by atoms with E-state index in [9.17, 15) is 9.59 Å². The number of nitrogens with one attached hydrogen (secondary N) is 1. The van der Waals surface area contributed by atoms with E-state index in [1.807, 2.05) is 42.5 Å². The van der Waals surface area contributed by atoms with Gasteiger partial charge in [0.1, 0.15) is 11.6 Å². The van der Waals surface area contributed by atoms with Gasteiger partial charge < -0.3 is 15.0 Å². The number of carbonyl (C=O) groups excluding carboxylic acids is 2. The zero-order chi connectivity index (χ0) is 22.3. The smallest absolute Gasteiger partial charge is 0.408 e. The molecular weight excluding hydrogens is 414 g/mol. The Labute approximate surface area is 187 Å². The SMILES string of the molecule is CC(NC(=O)OC(C)(C)C)C(=O)N1c2ccccc2CC1C1=Nc2cc(Cl)ccc2C1. The Bertz CT molecular complexity index is 1070. The molecular formula is C24H26ClN3O3. The number of hydrogen-bond donors (Lipinski definition) is 1. The molecule has 0 aliphatic carbocycles. The van der Waals surface area contributed by atoms with Gasteiger partial charge in [-0.05, 0) is 57.0 Å². The molecule has 2 aromatic carbocycles. The van der Waals surface area contributed by atoms with Crippen LogP contribution in [-0.4, -0.2) is 35.4 Å². The number of fused-ring (bicyclic) bond motifs is 2. The standard InChI is InChI=1S/C24H26ClN3O3/c1-14(26-23(30)31-24(2,3)4)22(29)28-20-8-6-5-7-16(20)12-21(28)19-11-15-9-10-17(25)13-18(15)27-19/h5-10,13-14,21H,11-12H2,1-4H3,(H,26,30). The van der Waals surface area contributed by atoms with Crippen LogP contribution in [0.25, 0.3) is 0 Å². The monoisotopic (exact) mass is 439 g/mol. The zero-order valence-corrected chi connectivity index (χ0v) is 18.9. The summed E-state index contributed by atoms with van der Waals surface area (Å²) >= 11 is 6.13. The first-order valence-electron chi connectivity index (χ1n) is 10.4. The molecule has 2 aliphatic heterocycles. The minimum atomic E-state index is -0.748. The molecule has 0 saturated heterocycles. The average Bonchev–Trinajstić information content (AvgIpc) is 3.26. The van der Waals surface area contributed by atoms with Crippen molar-refractivity contribution in [2.45, 2.75) is 58.2 Å². The van der Waals surface area contributed by atoms with Crippen LogP contribution >= 0.6 is 11.6 Å². The van der Waals surface area contributed by atoms with E-state index in [4.69, 9.17) is 21.3 Å². The van der Waals surface area contributed by atoms with Gasteiger partial charge in [0, 0.05) is 29.3 Å². The summed E-state index contributed by atoms with van der Waals surface area (Å²) in [6.07, 6.45) is 0.738. The molecule has 0 radical (unpaired) electrons. The predicted molar refractivity (Wildman–Crippen MR) is 123 cm³/mol. The molecule has 2 aromatic rings. The van der Waals surface area contributed by atoms with Crippen LogP contribution in [0.1, 0.15) is 38.8 Å². The third-order valence-corrected chi connectivity index (χ3v) is 5.62. The molecule has 162 valence electrons. The van der Waals surface area contributed by atoms with Gasteiger partial charge in [-0.3, -0.25) is 9.79 Å². The van der Waals surface area contributed by atoms with Gasteiger partial charge in [0.05, 0.1) is 11.7 Å². The van der Waals surface area contributed by atoms with Crippen molar-refractivity contribution in [1.29, 1.82) is 0 Å². The van der Waals surface area contributed by atoms with Crippen LogP contribution in [0.5, 0.6) is 0 Å². The number of ether oxygens (including phenoxy) is 1. The average molecular weight is 440 g/mol. The summed E-state index contributed by atoms with van der Waals surface area (Å²) in [5, 5.41) is 3.31. The first kappa shape index (κ1) is 21.4. The quantitative estimate of drug-likeness (QED) is 0.743. The zero-order valence-electron chi connectivity index (χ0n) is 18.1. The number of rotatable bonds is 3. The molecule has 31 heavy (non-hydrogen) atoms. The lowest BCUT2D eigenvalue weighted by Gasteiger charge is -2.29. The maximum atomic E-state index is 13.5. The maximum Gasteiger partial charge on any atom is 0.408 e. The highest BCUT2D eigenvalue weighted by Crippen LogP contribution is 2.38. The van der Waals surface area contributed by atoms with Crippen molar-refractivity contribution in [3.05, 3.63) is 58.6 Å². The van der Waals surface area contributed by atoms with Crippen LogP contribution in [0.15, 0.2) is 47.5 Å². The molecule has 4 rings (SSSR count). The molecule has 2 heterocycles. The second-order valence-electron chi connectivity index (χ2n) is 8.98. The molecule has 0 spiro atoms. The summed E-state index contributed by atoms with van der Waals surface area (Å²) in [7, 11) is 0. The summed E-state index contributed by atoms with van der Waals surface area (Å²) in [6, 6.07) is 12.6. The second kappa shape index (κ2) is 8.00. The van der Waals surface area contributed by atoms with Crippen LogP contribution in [-0.2, 0) is 22.4 Å². The Morgan fingerprint density at radius 1 is 1.19 bits per heavy atom. The van der Waals surface area contributed by atoms with Crippen LogP contribution in [0.2, 0.25) is 5.02 Å². The van der Waals surface area contributed by atoms with E-state index in [2.05, 4.69) is 5.32 Å². The third-order valence-electron chi connectivity index (χ3n) is 5.38. The molecule has 2 aliphatic rings.